The van der Waals surface area contributed by atoms with Crippen LogP contribution in [0.15, 0.2) is 72.8 Å². The van der Waals surface area contributed by atoms with Gasteiger partial charge in [0, 0.05) is 36.8 Å². The van der Waals surface area contributed by atoms with Gasteiger partial charge in [0.05, 0.1) is 13.5 Å². The molecule has 5 heteroatoms. The number of hydrogen-bond donors (Lipinski definition) is 2. The average Bonchev–Trinajstić information content (AvgIpc) is 2.70. The molecule has 5 nitrogen and oxygen atoms in total. The zero-order valence-corrected chi connectivity index (χ0v) is 16.4. The van der Waals surface area contributed by atoms with Gasteiger partial charge < -0.3 is 20.3 Å². The van der Waals surface area contributed by atoms with E-state index in [1.165, 1.54) is 0 Å². The van der Waals surface area contributed by atoms with Crippen molar-refractivity contribution in [3.8, 4) is 5.75 Å². The highest BCUT2D eigenvalue weighted by Gasteiger charge is 2.05. The molecule has 0 unspecified atom stereocenters. The lowest BCUT2D eigenvalue weighted by Crippen LogP contribution is -2.14. The van der Waals surface area contributed by atoms with Gasteiger partial charge in [-0.25, -0.2) is 0 Å². The van der Waals surface area contributed by atoms with E-state index < -0.39 is 0 Å². The van der Waals surface area contributed by atoms with E-state index in [-0.39, 0.29) is 5.91 Å². The Balaban J connectivity index is 1.55. The number of carbonyl (C=O) groups excluding carboxylic acids is 1. The van der Waals surface area contributed by atoms with Crippen LogP contribution in [0.5, 0.6) is 5.75 Å². The lowest BCUT2D eigenvalue weighted by Gasteiger charge is -2.13. The molecular formula is C23H25N3O2. The molecule has 0 aliphatic rings. The summed E-state index contributed by atoms with van der Waals surface area (Å²) < 4.78 is 5.13. The van der Waals surface area contributed by atoms with Gasteiger partial charge in [0.25, 0.3) is 0 Å². The van der Waals surface area contributed by atoms with Crippen LogP contribution in [0.1, 0.15) is 5.56 Å². The Bertz CT molecular complexity index is 902. The van der Waals surface area contributed by atoms with Gasteiger partial charge >= 0.3 is 0 Å². The number of anilines is 4. The van der Waals surface area contributed by atoms with E-state index in [2.05, 4.69) is 27.7 Å². The summed E-state index contributed by atoms with van der Waals surface area (Å²) in [5.74, 6) is 0.730. The SMILES string of the molecule is COc1ccc(CC(=O)Nc2ccc(Nc3ccc(N(C)C)cc3)cc2)cc1. The predicted molar refractivity (Wildman–Crippen MR) is 116 cm³/mol. The maximum atomic E-state index is 12.2. The fourth-order valence-electron chi connectivity index (χ4n) is 2.78. The molecule has 0 saturated carbocycles. The number of carbonyl (C=O) groups is 1. The zero-order chi connectivity index (χ0) is 19.9. The van der Waals surface area contributed by atoms with Gasteiger partial charge in [0.2, 0.25) is 5.91 Å². The molecule has 0 bridgehead atoms. The van der Waals surface area contributed by atoms with E-state index in [1.807, 2.05) is 74.8 Å². The van der Waals surface area contributed by atoms with Crippen LogP contribution >= 0.6 is 0 Å². The fourth-order valence-corrected chi connectivity index (χ4v) is 2.78. The Labute approximate surface area is 166 Å². The molecular weight excluding hydrogens is 350 g/mol. The first-order chi connectivity index (χ1) is 13.5. The van der Waals surface area contributed by atoms with Crippen LogP contribution in [-0.4, -0.2) is 27.1 Å². The molecule has 0 radical (unpaired) electrons. The number of benzene rings is 3. The smallest absolute Gasteiger partial charge is 0.228 e. The van der Waals surface area contributed by atoms with Crippen LogP contribution in [0.3, 0.4) is 0 Å². The molecule has 0 aromatic heterocycles. The van der Waals surface area contributed by atoms with Crippen LogP contribution < -0.4 is 20.3 Å². The topological polar surface area (TPSA) is 53.6 Å². The maximum Gasteiger partial charge on any atom is 0.228 e. The number of methoxy groups -OCH3 is 1. The molecule has 3 rings (SSSR count). The van der Waals surface area contributed by atoms with Gasteiger partial charge in [-0.05, 0) is 66.2 Å². The van der Waals surface area contributed by atoms with E-state index in [4.69, 9.17) is 4.74 Å². The van der Waals surface area contributed by atoms with Gasteiger partial charge in [0.1, 0.15) is 5.75 Å². The molecule has 0 aliphatic carbocycles. The predicted octanol–water partition coefficient (Wildman–Crippen LogP) is 4.69. The van der Waals surface area contributed by atoms with Crippen molar-refractivity contribution in [3.05, 3.63) is 78.4 Å². The molecule has 2 N–H and O–H groups in total. The van der Waals surface area contributed by atoms with E-state index in [1.54, 1.807) is 7.11 Å². The second kappa shape index (κ2) is 8.95. The van der Waals surface area contributed by atoms with Crippen molar-refractivity contribution in [2.24, 2.45) is 0 Å². The third-order valence-electron chi connectivity index (χ3n) is 4.36. The third-order valence-corrected chi connectivity index (χ3v) is 4.36. The van der Waals surface area contributed by atoms with Crippen molar-refractivity contribution in [2.45, 2.75) is 6.42 Å². The van der Waals surface area contributed by atoms with Crippen LogP contribution in [0, 0.1) is 0 Å². The minimum absolute atomic E-state index is 0.0508. The highest BCUT2D eigenvalue weighted by Crippen LogP contribution is 2.21. The average molecular weight is 375 g/mol. The van der Waals surface area contributed by atoms with Gasteiger partial charge in [0.15, 0.2) is 0 Å². The van der Waals surface area contributed by atoms with Gasteiger partial charge in [-0.15, -0.1) is 0 Å². The van der Waals surface area contributed by atoms with Gasteiger partial charge in [-0.3, -0.25) is 4.79 Å². The van der Waals surface area contributed by atoms with Crippen LogP contribution in [0.2, 0.25) is 0 Å². The summed E-state index contributed by atoms with van der Waals surface area (Å²) >= 11 is 0. The fraction of sp³-hybridized carbons (Fsp3) is 0.174. The van der Waals surface area contributed by atoms with Crippen LogP contribution in [0.4, 0.5) is 22.7 Å². The molecule has 0 saturated heterocycles. The second-order valence-corrected chi connectivity index (χ2v) is 6.72. The summed E-state index contributed by atoms with van der Waals surface area (Å²) in [5.41, 5.74) is 4.85. The van der Waals surface area contributed by atoms with Gasteiger partial charge in [-0.2, -0.15) is 0 Å². The molecule has 3 aromatic carbocycles. The highest BCUT2D eigenvalue weighted by atomic mass is 16.5. The van der Waals surface area contributed by atoms with Crippen molar-refractivity contribution in [1.29, 1.82) is 0 Å². The monoisotopic (exact) mass is 375 g/mol. The maximum absolute atomic E-state index is 12.2. The first-order valence-electron chi connectivity index (χ1n) is 9.11. The van der Waals surface area contributed by atoms with Crippen LogP contribution in [-0.2, 0) is 11.2 Å². The number of nitrogens with one attached hydrogen (secondary N) is 2. The summed E-state index contributed by atoms with van der Waals surface area (Å²) in [6.45, 7) is 0. The third kappa shape index (κ3) is 5.27. The summed E-state index contributed by atoms with van der Waals surface area (Å²) in [6.07, 6.45) is 0.322. The highest BCUT2D eigenvalue weighted by molar-refractivity contribution is 5.92. The summed E-state index contributed by atoms with van der Waals surface area (Å²) in [7, 11) is 5.66. The Kier molecular flexibility index (Phi) is 6.17. The van der Waals surface area contributed by atoms with E-state index >= 15 is 0 Å². The molecule has 0 heterocycles. The molecule has 1 amide bonds. The van der Waals surface area contributed by atoms with Crippen molar-refractivity contribution in [2.75, 3.05) is 36.7 Å². The summed E-state index contributed by atoms with van der Waals surface area (Å²) in [5, 5.41) is 6.28. The Morgan fingerprint density at radius 2 is 1.36 bits per heavy atom. The van der Waals surface area contributed by atoms with Gasteiger partial charge in [-0.1, -0.05) is 12.1 Å². The Hall–Kier alpha value is -3.47. The Morgan fingerprint density at radius 3 is 1.89 bits per heavy atom. The van der Waals surface area contributed by atoms with Crippen molar-refractivity contribution in [1.82, 2.24) is 0 Å². The quantitative estimate of drug-likeness (QED) is 0.629. The van der Waals surface area contributed by atoms with Crippen LogP contribution in [0.25, 0.3) is 0 Å². The van der Waals surface area contributed by atoms with E-state index in [0.29, 0.717) is 6.42 Å². The Morgan fingerprint density at radius 1 is 0.821 bits per heavy atom. The van der Waals surface area contributed by atoms with Crippen molar-refractivity contribution in [3.63, 3.8) is 0 Å². The van der Waals surface area contributed by atoms with Crippen molar-refractivity contribution < 1.29 is 9.53 Å². The summed E-state index contributed by atoms with van der Waals surface area (Å²) in [4.78, 5) is 14.3. The molecule has 0 atom stereocenters. The number of hydrogen-bond acceptors (Lipinski definition) is 4. The summed E-state index contributed by atoms with van der Waals surface area (Å²) in [6, 6.07) is 23.4. The number of ether oxygens (including phenoxy) is 1. The molecule has 3 aromatic rings. The largest absolute Gasteiger partial charge is 0.497 e. The normalized spacial score (nSPS) is 10.2. The standard InChI is InChI=1S/C23H25N3O2/c1-26(2)21-12-10-19(11-13-21)24-18-6-8-20(9-7-18)25-23(27)16-17-4-14-22(28-3)15-5-17/h4-15,24H,16H2,1-3H3,(H,25,27). The minimum atomic E-state index is -0.0508. The molecule has 0 aliphatic heterocycles. The number of nitrogens with zero attached hydrogens (tertiary/aromatic N) is 1. The van der Waals surface area contributed by atoms with E-state index in [0.717, 1.165) is 34.1 Å². The second-order valence-electron chi connectivity index (χ2n) is 6.72. The number of rotatable bonds is 7. The van der Waals surface area contributed by atoms with E-state index in [9.17, 15) is 4.79 Å². The minimum Gasteiger partial charge on any atom is -0.497 e. The molecule has 0 spiro atoms. The first-order valence-corrected chi connectivity index (χ1v) is 9.11. The molecule has 144 valence electrons. The molecule has 28 heavy (non-hydrogen) atoms. The first kappa shape index (κ1) is 19.3. The number of amides is 1. The lowest BCUT2D eigenvalue weighted by molar-refractivity contribution is -0.115. The lowest BCUT2D eigenvalue weighted by atomic mass is 10.1. The molecule has 0 fully saturated rings. The zero-order valence-electron chi connectivity index (χ0n) is 16.4. The van der Waals surface area contributed by atoms with Crippen molar-refractivity contribution >= 4 is 28.7 Å².